The first-order valence-electron chi connectivity index (χ1n) is 5.82. The van der Waals surface area contributed by atoms with Crippen molar-refractivity contribution in [2.24, 2.45) is 0 Å². The Bertz CT molecular complexity index is 1010. The number of nitrogens with one attached hydrogen (secondary N) is 1. The number of hydrogen-bond acceptors (Lipinski definition) is 5. The van der Waals surface area contributed by atoms with Gasteiger partial charge in [-0.1, -0.05) is 11.6 Å². The molecule has 6 nitrogen and oxygen atoms in total. The summed E-state index contributed by atoms with van der Waals surface area (Å²) in [5.41, 5.74) is 6.83. The number of nitrogens with two attached hydrogens (primary N) is 1. The minimum absolute atomic E-state index is 0.00461. The number of imidazole rings is 1. The highest BCUT2D eigenvalue weighted by atomic mass is 35.5. The summed E-state index contributed by atoms with van der Waals surface area (Å²) in [7, 11) is -4.00. The molecule has 0 amide bonds. The van der Waals surface area contributed by atoms with Crippen molar-refractivity contribution >= 4 is 49.7 Å². The molecular formula is C12H10ClN3O3S2. The lowest BCUT2D eigenvalue weighted by molar-refractivity contribution is 0.589. The second-order valence-corrected chi connectivity index (χ2v) is 8.21. The SMILES string of the molecule is Cc1cc2c(cc1N)[nH]c(=O)n2S(=O)(=O)c1ccc(Cl)s1. The average molecular weight is 344 g/mol. The number of aryl methyl sites for hydroxylation is 1. The molecule has 0 aliphatic carbocycles. The topological polar surface area (TPSA) is 97.9 Å². The molecule has 3 aromatic rings. The molecule has 0 unspecified atom stereocenters. The van der Waals surface area contributed by atoms with E-state index in [1.165, 1.54) is 12.1 Å². The molecule has 0 radical (unpaired) electrons. The van der Waals surface area contributed by atoms with E-state index in [0.717, 1.165) is 15.3 Å². The van der Waals surface area contributed by atoms with Crippen LogP contribution in [0.2, 0.25) is 4.34 Å². The number of nitrogens with zero attached hydrogens (tertiary/aromatic N) is 1. The number of hydrogen-bond donors (Lipinski definition) is 2. The summed E-state index contributed by atoms with van der Waals surface area (Å²) < 4.78 is 26.3. The maximum atomic E-state index is 12.6. The van der Waals surface area contributed by atoms with E-state index >= 15 is 0 Å². The van der Waals surface area contributed by atoms with Gasteiger partial charge in [0.1, 0.15) is 4.21 Å². The largest absolute Gasteiger partial charge is 0.398 e. The summed E-state index contributed by atoms with van der Waals surface area (Å²) in [5, 5.41) is 0. The van der Waals surface area contributed by atoms with Crippen LogP contribution in [0.1, 0.15) is 5.56 Å². The number of anilines is 1. The van der Waals surface area contributed by atoms with Crippen molar-refractivity contribution in [2.45, 2.75) is 11.1 Å². The lowest BCUT2D eigenvalue weighted by Crippen LogP contribution is -2.24. The van der Waals surface area contributed by atoms with Crippen LogP contribution in [0.25, 0.3) is 11.0 Å². The smallest absolute Gasteiger partial charge is 0.340 e. The molecule has 9 heteroatoms. The number of benzene rings is 1. The van der Waals surface area contributed by atoms with E-state index in [-0.39, 0.29) is 9.73 Å². The van der Waals surface area contributed by atoms with Gasteiger partial charge >= 0.3 is 5.69 Å². The minimum atomic E-state index is -4.00. The summed E-state index contributed by atoms with van der Waals surface area (Å²) >= 11 is 6.67. The Kier molecular flexibility index (Phi) is 3.12. The van der Waals surface area contributed by atoms with Crippen LogP contribution < -0.4 is 11.4 Å². The molecule has 2 heterocycles. The van der Waals surface area contributed by atoms with Gasteiger partial charge in [-0.3, -0.25) is 0 Å². The van der Waals surface area contributed by atoms with Gasteiger partial charge in [-0.05, 0) is 36.8 Å². The summed E-state index contributed by atoms with van der Waals surface area (Å²) in [6.45, 7) is 1.74. The summed E-state index contributed by atoms with van der Waals surface area (Å²) in [6, 6.07) is 5.95. The molecule has 0 fully saturated rings. The second-order valence-electron chi connectivity index (χ2n) is 4.48. The number of rotatable bonds is 2. The Morgan fingerprint density at radius 1 is 1.33 bits per heavy atom. The van der Waals surface area contributed by atoms with Crippen LogP contribution in [0.5, 0.6) is 0 Å². The first-order valence-corrected chi connectivity index (χ1v) is 8.46. The van der Waals surface area contributed by atoms with Crippen LogP contribution in [-0.2, 0) is 10.0 Å². The monoisotopic (exact) mass is 343 g/mol. The van der Waals surface area contributed by atoms with E-state index in [1.807, 2.05) is 0 Å². The maximum Gasteiger partial charge on any atom is 0.340 e. The van der Waals surface area contributed by atoms with Crippen molar-refractivity contribution in [3.8, 4) is 0 Å². The fraction of sp³-hybridized carbons (Fsp3) is 0.0833. The number of nitrogen functional groups attached to an aromatic ring is 1. The third-order valence-electron chi connectivity index (χ3n) is 3.07. The summed E-state index contributed by atoms with van der Waals surface area (Å²) in [4.78, 5) is 14.5. The normalized spacial score (nSPS) is 12.1. The molecule has 110 valence electrons. The zero-order chi connectivity index (χ0) is 15.4. The van der Waals surface area contributed by atoms with Crippen molar-refractivity contribution in [1.82, 2.24) is 8.96 Å². The minimum Gasteiger partial charge on any atom is -0.398 e. The van der Waals surface area contributed by atoms with E-state index in [4.69, 9.17) is 17.3 Å². The number of aromatic nitrogens is 2. The molecule has 1 aromatic carbocycles. The van der Waals surface area contributed by atoms with Gasteiger partial charge in [-0.25, -0.2) is 4.79 Å². The first-order chi connectivity index (χ1) is 9.80. The highest BCUT2D eigenvalue weighted by Gasteiger charge is 2.24. The average Bonchev–Trinajstić information content (AvgIpc) is 2.94. The van der Waals surface area contributed by atoms with Gasteiger partial charge < -0.3 is 10.7 Å². The molecular weight excluding hydrogens is 334 g/mol. The van der Waals surface area contributed by atoms with Crippen LogP contribution in [0, 0.1) is 6.92 Å². The van der Waals surface area contributed by atoms with Crippen LogP contribution in [0.4, 0.5) is 5.69 Å². The predicted molar refractivity (Wildman–Crippen MR) is 83.6 cm³/mol. The van der Waals surface area contributed by atoms with E-state index in [9.17, 15) is 13.2 Å². The van der Waals surface area contributed by atoms with E-state index in [0.29, 0.717) is 21.1 Å². The lowest BCUT2D eigenvalue weighted by atomic mass is 10.2. The quantitative estimate of drug-likeness (QED) is 0.697. The Morgan fingerprint density at radius 3 is 2.67 bits per heavy atom. The zero-order valence-electron chi connectivity index (χ0n) is 10.8. The third-order valence-corrected chi connectivity index (χ3v) is 6.47. The number of aromatic amines is 1. The molecule has 0 aliphatic rings. The molecule has 2 aromatic heterocycles. The van der Waals surface area contributed by atoms with Gasteiger partial charge in [0.15, 0.2) is 0 Å². The zero-order valence-corrected chi connectivity index (χ0v) is 13.1. The van der Waals surface area contributed by atoms with Gasteiger partial charge in [0.25, 0.3) is 10.0 Å². The van der Waals surface area contributed by atoms with E-state index in [2.05, 4.69) is 4.98 Å². The van der Waals surface area contributed by atoms with Gasteiger partial charge in [0, 0.05) is 5.69 Å². The van der Waals surface area contributed by atoms with Gasteiger partial charge in [-0.15, -0.1) is 11.3 Å². The van der Waals surface area contributed by atoms with Crippen molar-refractivity contribution in [2.75, 3.05) is 5.73 Å². The number of fused-ring (bicyclic) bond motifs is 1. The van der Waals surface area contributed by atoms with Gasteiger partial charge in [0.05, 0.1) is 15.4 Å². The van der Waals surface area contributed by atoms with Gasteiger partial charge in [-0.2, -0.15) is 12.4 Å². The standard InChI is InChI=1S/C12H10ClN3O3S2/c1-6-4-9-8(5-7(6)14)15-12(17)16(9)21(18,19)11-3-2-10(13)20-11/h2-5H,14H2,1H3,(H,15,17). The fourth-order valence-electron chi connectivity index (χ4n) is 2.02. The Hall–Kier alpha value is -1.77. The Labute approximate surface area is 128 Å². The van der Waals surface area contributed by atoms with Crippen LogP contribution in [0.3, 0.4) is 0 Å². The predicted octanol–water partition coefficient (Wildman–Crippen LogP) is 2.17. The Balaban J connectivity index is 2.37. The third kappa shape index (κ3) is 2.15. The van der Waals surface area contributed by atoms with Crippen LogP contribution in [0.15, 0.2) is 33.3 Å². The van der Waals surface area contributed by atoms with Crippen molar-refractivity contribution in [3.05, 3.63) is 44.6 Å². The van der Waals surface area contributed by atoms with E-state index in [1.54, 1.807) is 19.1 Å². The van der Waals surface area contributed by atoms with Crippen molar-refractivity contribution in [3.63, 3.8) is 0 Å². The van der Waals surface area contributed by atoms with Crippen LogP contribution >= 0.6 is 22.9 Å². The van der Waals surface area contributed by atoms with Crippen LogP contribution in [-0.4, -0.2) is 17.4 Å². The summed E-state index contributed by atoms with van der Waals surface area (Å²) in [6.07, 6.45) is 0. The highest BCUT2D eigenvalue weighted by Crippen LogP contribution is 2.29. The first kappa shape index (κ1) is 14.2. The molecule has 21 heavy (non-hydrogen) atoms. The molecule has 0 saturated carbocycles. The van der Waals surface area contributed by atoms with E-state index < -0.39 is 15.7 Å². The van der Waals surface area contributed by atoms with Gasteiger partial charge in [0.2, 0.25) is 0 Å². The highest BCUT2D eigenvalue weighted by molar-refractivity contribution is 7.92. The Morgan fingerprint density at radius 2 is 2.05 bits per heavy atom. The number of thiophene rings is 1. The molecule has 0 atom stereocenters. The molecule has 0 spiro atoms. The molecule has 0 aliphatic heterocycles. The number of H-pyrrole nitrogens is 1. The molecule has 3 rings (SSSR count). The number of halogens is 1. The maximum absolute atomic E-state index is 12.6. The molecule has 0 bridgehead atoms. The second kappa shape index (κ2) is 4.62. The van der Waals surface area contributed by atoms with Crippen molar-refractivity contribution in [1.29, 1.82) is 0 Å². The molecule has 3 N–H and O–H groups in total. The summed E-state index contributed by atoms with van der Waals surface area (Å²) in [5.74, 6) is 0. The lowest BCUT2D eigenvalue weighted by Gasteiger charge is -2.05. The van der Waals surface area contributed by atoms with Crippen molar-refractivity contribution < 1.29 is 8.42 Å². The molecule has 0 saturated heterocycles. The fourth-order valence-corrected chi connectivity index (χ4v) is 4.94.